The first kappa shape index (κ1) is 14.8. The first-order valence-corrected chi connectivity index (χ1v) is 6.52. The summed E-state index contributed by atoms with van der Waals surface area (Å²) in [4.78, 5) is 20.4. The fourth-order valence-corrected chi connectivity index (χ4v) is 1.84. The molecule has 2 N–H and O–H groups in total. The van der Waals surface area contributed by atoms with E-state index in [1.165, 1.54) is 7.11 Å². The van der Waals surface area contributed by atoms with E-state index in [4.69, 9.17) is 15.2 Å². The van der Waals surface area contributed by atoms with Crippen LogP contribution in [0, 0.1) is 6.92 Å². The van der Waals surface area contributed by atoms with Crippen LogP contribution in [0.15, 0.2) is 24.3 Å². The third kappa shape index (κ3) is 3.10. The van der Waals surface area contributed by atoms with Crippen molar-refractivity contribution < 1.29 is 14.3 Å². The number of nitrogens with zero attached hydrogens (tertiary/aromatic N) is 2. The van der Waals surface area contributed by atoms with Crippen molar-refractivity contribution in [1.82, 2.24) is 9.97 Å². The summed E-state index contributed by atoms with van der Waals surface area (Å²) in [6.07, 6.45) is 0. The second-order valence-corrected chi connectivity index (χ2v) is 4.40. The Kier molecular flexibility index (Phi) is 4.37. The van der Waals surface area contributed by atoms with Crippen molar-refractivity contribution >= 4 is 11.8 Å². The number of carbonyl (C=O) groups is 1. The molecule has 1 heterocycles. The van der Waals surface area contributed by atoms with Crippen LogP contribution in [0.3, 0.4) is 0 Å². The predicted octanol–water partition coefficient (Wildman–Crippen LogP) is 2.22. The Labute approximate surface area is 122 Å². The highest BCUT2D eigenvalue weighted by molar-refractivity contribution is 5.92. The molecule has 21 heavy (non-hydrogen) atoms. The number of nitrogens with two attached hydrogens (primary N) is 1. The third-order valence-electron chi connectivity index (χ3n) is 2.87. The van der Waals surface area contributed by atoms with E-state index in [2.05, 4.69) is 9.97 Å². The molecule has 0 bridgehead atoms. The molecule has 0 radical (unpaired) electrons. The predicted molar refractivity (Wildman–Crippen MR) is 79.1 cm³/mol. The van der Waals surface area contributed by atoms with Gasteiger partial charge in [-0.15, -0.1) is 0 Å². The van der Waals surface area contributed by atoms with E-state index in [-0.39, 0.29) is 23.9 Å². The molecule has 0 saturated heterocycles. The molecule has 0 saturated carbocycles. The lowest BCUT2D eigenvalue weighted by molar-refractivity contribution is 0.0515. The van der Waals surface area contributed by atoms with Gasteiger partial charge in [0.2, 0.25) is 0 Å². The van der Waals surface area contributed by atoms with Crippen LogP contribution in [0.5, 0.6) is 5.75 Å². The molecule has 6 nitrogen and oxygen atoms in total. The number of anilines is 1. The molecule has 2 aromatic rings. The van der Waals surface area contributed by atoms with Crippen LogP contribution in [-0.2, 0) is 4.74 Å². The van der Waals surface area contributed by atoms with Crippen molar-refractivity contribution in [3.63, 3.8) is 0 Å². The number of carbonyl (C=O) groups excluding carboxylic acids is 1. The smallest absolute Gasteiger partial charge is 0.361 e. The van der Waals surface area contributed by atoms with Gasteiger partial charge in [-0.2, -0.15) is 0 Å². The Morgan fingerprint density at radius 1 is 1.24 bits per heavy atom. The minimum absolute atomic E-state index is 0.0300. The molecule has 0 fully saturated rings. The molecule has 0 unspecified atom stereocenters. The maximum Gasteiger partial charge on any atom is 0.361 e. The summed E-state index contributed by atoms with van der Waals surface area (Å²) in [7, 11) is 1.41. The van der Waals surface area contributed by atoms with E-state index < -0.39 is 5.97 Å². The molecule has 0 aliphatic rings. The Bertz CT molecular complexity index is 654. The summed E-state index contributed by atoms with van der Waals surface area (Å²) in [6.45, 7) is 3.94. The second kappa shape index (κ2) is 6.21. The van der Waals surface area contributed by atoms with E-state index in [9.17, 15) is 4.79 Å². The number of benzene rings is 1. The number of ether oxygens (including phenoxy) is 2. The monoisotopic (exact) mass is 287 g/mol. The molecular weight excluding hydrogens is 270 g/mol. The summed E-state index contributed by atoms with van der Waals surface area (Å²) in [5.41, 5.74) is 7.76. The molecule has 0 spiro atoms. The Hall–Kier alpha value is -2.63. The number of hydrogen-bond donors (Lipinski definition) is 1. The molecule has 0 atom stereocenters. The van der Waals surface area contributed by atoms with Crippen molar-refractivity contribution in [2.45, 2.75) is 13.8 Å². The number of esters is 1. The topological polar surface area (TPSA) is 87.3 Å². The van der Waals surface area contributed by atoms with E-state index in [1.54, 1.807) is 6.92 Å². The van der Waals surface area contributed by atoms with Crippen LogP contribution in [0.1, 0.15) is 23.0 Å². The van der Waals surface area contributed by atoms with E-state index in [0.717, 1.165) is 11.1 Å². The summed E-state index contributed by atoms with van der Waals surface area (Å²) in [6, 6.07) is 7.60. The zero-order valence-corrected chi connectivity index (χ0v) is 12.2. The van der Waals surface area contributed by atoms with Gasteiger partial charge in [-0.05, 0) is 13.8 Å². The molecule has 2 rings (SSSR count). The molecule has 0 amide bonds. The standard InChI is InChI=1S/C15H17N3O3/c1-4-21-15(19)11-12(20-3)13(16)18-14(17-11)10-7-5-9(2)6-8-10/h5-8H,4H2,1-3H3,(H2,16,17,18). The van der Waals surface area contributed by atoms with E-state index >= 15 is 0 Å². The highest BCUT2D eigenvalue weighted by atomic mass is 16.5. The lowest BCUT2D eigenvalue weighted by atomic mass is 10.1. The summed E-state index contributed by atoms with van der Waals surface area (Å²) in [5.74, 6) is 0.00334. The fourth-order valence-electron chi connectivity index (χ4n) is 1.84. The van der Waals surface area contributed by atoms with Crippen LogP contribution >= 0.6 is 0 Å². The minimum atomic E-state index is -0.586. The quantitative estimate of drug-likeness (QED) is 0.867. The van der Waals surface area contributed by atoms with Crippen molar-refractivity contribution in [1.29, 1.82) is 0 Å². The summed E-state index contributed by atoms with van der Waals surface area (Å²) < 4.78 is 10.1. The van der Waals surface area contributed by atoms with Crippen LogP contribution in [0.2, 0.25) is 0 Å². The highest BCUT2D eigenvalue weighted by Gasteiger charge is 2.21. The largest absolute Gasteiger partial charge is 0.491 e. The first-order chi connectivity index (χ1) is 10.1. The number of rotatable bonds is 4. The van der Waals surface area contributed by atoms with Gasteiger partial charge < -0.3 is 15.2 Å². The molecular formula is C15H17N3O3. The van der Waals surface area contributed by atoms with Crippen molar-refractivity contribution in [3.8, 4) is 17.1 Å². The van der Waals surface area contributed by atoms with Gasteiger partial charge in [0.1, 0.15) is 0 Å². The normalized spacial score (nSPS) is 10.2. The molecule has 0 aliphatic heterocycles. The number of aromatic nitrogens is 2. The maximum absolute atomic E-state index is 12.0. The van der Waals surface area contributed by atoms with Crippen molar-refractivity contribution in [2.75, 3.05) is 19.5 Å². The molecule has 1 aromatic carbocycles. The van der Waals surface area contributed by atoms with E-state index in [1.807, 2.05) is 31.2 Å². The molecule has 6 heteroatoms. The molecule has 1 aromatic heterocycles. The number of nitrogen functional groups attached to an aromatic ring is 1. The lowest BCUT2D eigenvalue weighted by Gasteiger charge is -2.11. The maximum atomic E-state index is 12.0. The van der Waals surface area contributed by atoms with Gasteiger partial charge in [-0.1, -0.05) is 29.8 Å². The van der Waals surface area contributed by atoms with Crippen molar-refractivity contribution in [3.05, 3.63) is 35.5 Å². The van der Waals surface area contributed by atoms with Crippen LogP contribution in [0.25, 0.3) is 11.4 Å². The van der Waals surface area contributed by atoms with Crippen molar-refractivity contribution in [2.24, 2.45) is 0 Å². The van der Waals surface area contributed by atoms with Gasteiger partial charge in [0.05, 0.1) is 13.7 Å². The van der Waals surface area contributed by atoms with Gasteiger partial charge in [-0.25, -0.2) is 14.8 Å². The van der Waals surface area contributed by atoms with Gasteiger partial charge in [-0.3, -0.25) is 0 Å². The van der Waals surface area contributed by atoms with Crippen LogP contribution in [-0.4, -0.2) is 29.7 Å². The Morgan fingerprint density at radius 2 is 1.90 bits per heavy atom. The summed E-state index contributed by atoms with van der Waals surface area (Å²) in [5, 5.41) is 0. The fraction of sp³-hybridized carbons (Fsp3) is 0.267. The molecule has 110 valence electrons. The zero-order chi connectivity index (χ0) is 15.4. The number of hydrogen-bond acceptors (Lipinski definition) is 6. The van der Waals surface area contributed by atoms with Gasteiger partial charge in [0, 0.05) is 5.56 Å². The zero-order valence-electron chi connectivity index (χ0n) is 12.2. The molecule has 0 aliphatic carbocycles. The second-order valence-electron chi connectivity index (χ2n) is 4.40. The van der Waals surface area contributed by atoms with Gasteiger partial charge in [0.25, 0.3) is 0 Å². The van der Waals surface area contributed by atoms with Gasteiger partial charge in [0.15, 0.2) is 23.1 Å². The van der Waals surface area contributed by atoms with Crippen LogP contribution < -0.4 is 10.5 Å². The average Bonchev–Trinajstić information content (AvgIpc) is 2.47. The SMILES string of the molecule is CCOC(=O)c1nc(-c2ccc(C)cc2)nc(N)c1OC. The Balaban J connectivity index is 2.54. The lowest BCUT2D eigenvalue weighted by Crippen LogP contribution is -2.13. The minimum Gasteiger partial charge on any atom is -0.491 e. The third-order valence-corrected chi connectivity index (χ3v) is 2.87. The highest BCUT2D eigenvalue weighted by Crippen LogP contribution is 2.27. The summed E-state index contributed by atoms with van der Waals surface area (Å²) >= 11 is 0. The van der Waals surface area contributed by atoms with Crippen LogP contribution in [0.4, 0.5) is 5.82 Å². The number of aryl methyl sites for hydroxylation is 1. The van der Waals surface area contributed by atoms with E-state index in [0.29, 0.717) is 5.82 Å². The number of methoxy groups -OCH3 is 1. The van der Waals surface area contributed by atoms with Gasteiger partial charge >= 0.3 is 5.97 Å². The average molecular weight is 287 g/mol. The first-order valence-electron chi connectivity index (χ1n) is 6.52. The Morgan fingerprint density at radius 3 is 2.48 bits per heavy atom.